The molecule has 0 aliphatic carbocycles. The Morgan fingerprint density at radius 3 is 2.36 bits per heavy atom. The summed E-state index contributed by atoms with van der Waals surface area (Å²) in [6.45, 7) is 3.87. The molecule has 0 aromatic heterocycles. The zero-order valence-electron chi connectivity index (χ0n) is 24.0. The molecule has 2 N–H and O–H groups in total. The van der Waals surface area contributed by atoms with Crippen LogP contribution in [0.1, 0.15) is 51.5 Å². The van der Waals surface area contributed by atoms with E-state index in [4.69, 9.17) is 9.57 Å². The van der Waals surface area contributed by atoms with Crippen LogP contribution in [0, 0.1) is 11.8 Å². The molecule has 10 nitrogen and oxygen atoms in total. The van der Waals surface area contributed by atoms with Crippen molar-refractivity contribution in [1.29, 1.82) is 0 Å². The predicted octanol–water partition coefficient (Wildman–Crippen LogP) is 3.08. The Labute approximate surface area is 232 Å². The van der Waals surface area contributed by atoms with Crippen molar-refractivity contribution in [2.24, 2.45) is 11.8 Å². The number of hydroxylamine groups is 2. The summed E-state index contributed by atoms with van der Waals surface area (Å²) in [6.07, 6.45) is 5.34. The molecule has 4 atom stereocenters. The third kappa shape index (κ3) is 10.7. The van der Waals surface area contributed by atoms with Gasteiger partial charge in [-0.15, -0.1) is 0 Å². The summed E-state index contributed by atoms with van der Waals surface area (Å²) in [5.74, 6) is -1.64. The molecule has 39 heavy (non-hydrogen) atoms. The molecule has 0 fully saturated rings. The first-order chi connectivity index (χ1) is 18.5. The van der Waals surface area contributed by atoms with E-state index in [0.717, 1.165) is 10.6 Å². The highest BCUT2D eigenvalue weighted by atomic mass is 16.7. The molecule has 0 bridgehead atoms. The van der Waals surface area contributed by atoms with Crippen LogP contribution in [-0.4, -0.2) is 80.2 Å². The van der Waals surface area contributed by atoms with Gasteiger partial charge in [-0.2, -0.15) is 0 Å². The van der Waals surface area contributed by atoms with E-state index in [2.05, 4.69) is 10.6 Å². The molecule has 216 valence electrons. The summed E-state index contributed by atoms with van der Waals surface area (Å²) in [5.41, 5.74) is 1.04. The normalized spacial score (nSPS) is 23.9. The summed E-state index contributed by atoms with van der Waals surface area (Å²) < 4.78 is 5.79. The Morgan fingerprint density at radius 2 is 1.74 bits per heavy atom. The molecule has 1 aliphatic heterocycles. The lowest BCUT2D eigenvalue weighted by atomic mass is 9.93. The van der Waals surface area contributed by atoms with Crippen molar-refractivity contribution >= 4 is 23.8 Å². The quantitative estimate of drug-likeness (QED) is 0.403. The monoisotopic (exact) mass is 544 g/mol. The summed E-state index contributed by atoms with van der Waals surface area (Å²) in [6, 6.07) is 7.80. The Bertz CT molecular complexity index is 981. The number of likely N-dealkylation sites (N-methyl/N-ethyl adjacent to an activating group) is 1. The minimum Gasteiger partial charge on any atom is -0.446 e. The van der Waals surface area contributed by atoms with Gasteiger partial charge in [-0.05, 0) is 43.6 Å². The van der Waals surface area contributed by atoms with E-state index in [1.807, 2.05) is 56.3 Å². The first-order valence-corrected chi connectivity index (χ1v) is 13.5. The van der Waals surface area contributed by atoms with Crippen LogP contribution in [-0.2, 0) is 30.4 Å². The number of allylic oxidation sites excluding steroid dienone is 2. The Morgan fingerprint density at radius 1 is 1.05 bits per heavy atom. The van der Waals surface area contributed by atoms with Crippen molar-refractivity contribution in [2.75, 3.05) is 28.3 Å². The first-order valence-electron chi connectivity index (χ1n) is 13.5. The SMILES string of the molecule is CON(C)C(=O)[C@@H]1CC(C(=O)N(C)C)C/C=C\CCC(Cc2ccccc2)OC(=O)N[C@@H](CC(C)C)C(=O)N1. The van der Waals surface area contributed by atoms with Crippen LogP contribution in [0.25, 0.3) is 0 Å². The molecule has 1 heterocycles. The van der Waals surface area contributed by atoms with Gasteiger partial charge in [0, 0.05) is 33.5 Å². The average molecular weight is 545 g/mol. The number of nitrogens with one attached hydrogen (secondary N) is 2. The molecule has 2 rings (SSSR count). The van der Waals surface area contributed by atoms with Crippen molar-refractivity contribution in [1.82, 2.24) is 20.6 Å². The molecule has 1 aromatic rings. The van der Waals surface area contributed by atoms with Gasteiger partial charge in [-0.1, -0.05) is 56.3 Å². The Kier molecular flexibility index (Phi) is 13.0. The lowest BCUT2D eigenvalue weighted by Gasteiger charge is -2.29. The van der Waals surface area contributed by atoms with Crippen LogP contribution >= 0.6 is 0 Å². The lowest BCUT2D eigenvalue weighted by Crippen LogP contribution is -2.55. The molecule has 4 amide bonds. The maximum atomic E-state index is 13.4. The number of hydrogen-bond donors (Lipinski definition) is 2. The van der Waals surface area contributed by atoms with Crippen LogP contribution in [0.15, 0.2) is 42.5 Å². The van der Waals surface area contributed by atoms with Crippen LogP contribution in [0.5, 0.6) is 0 Å². The van der Waals surface area contributed by atoms with Crippen molar-refractivity contribution in [2.45, 2.75) is 70.6 Å². The first kappa shape index (κ1) is 31.8. The highest BCUT2D eigenvalue weighted by Crippen LogP contribution is 2.19. The maximum Gasteiger partial charge on any atom is 0.408 e. The van der Waals surface area contributed by atoms with Crippen molar-refractivity contribution in [3.63, 3.8) is 0 Å². The van der Waals surface area contributed by atoms with E-state index in [-0.39, 0.29) is 18.2 Å². The number of carbonyl (C=O) groups is 4. The molecule has 1 aliphatic rings. The van der Waals surface area contributed by atoms with Gasteiger partial charge in [-0.25, -0.2) is 9.86 Å². The number of carbonyl (C=O) groups excluding carboxylic acids is 4. The molecule has 0 radical (unpaired) electrons. The van der Waals surface area contributed by atoms with E-state index in [1.165, 1.54) is 19.1 Å². The number of hydrogen-bond acceptors (Lipinski definition) is 6. The average Bonchev–Trinajstić information content (AvgIpc) is 2.89. The predicted molar refractivity (Wildman–Crippen MR) is 148 cm³/mol. The third-order valence-electron chi connectivity index (χ3n) is 6.65. The summed E-state index contributed by atoms with van der Waals surface area (Å²) in [7, 11) is 6.12. The zero-order chi connectivity index (χ0) is 28.9. The number of rotatable bonds is 7. The summed E-state index contributed by atoms with van der Waals surface area (Å²) in [5, 5.41) is 6.52. The van der Waals surface area contributed by atoms with Gasteiger partial charge in [0.15, 0.2) is 0 Å². The zero-order valence-corrected chi connectivity index (χ0v) is 24.0. The number of ether oxygens (including phenoxy) is 1. The fraction of sp³-hybridized carbons (Fsp3) is 0.586. The largest absolute Gasteiger partial charge is 0.446 e. The lowest BCUT2D eigenvalue weighted by molar-refractivity contribution is -0.172. The second-order valence-corrected chi connectivity index (χ2v) is 10.6. The molecule has 2 unspecified atom stereocenters. The molecular formula is C29H44N4O6. The van der Waals surface area contributed by atoms with E-state index in [1.54, 1.807) is 14.1 Å². The van der Waals surface area contributed by atoms with Crippen LogP contribution in [0.4, 0.5) is 4.79 Å². The van der Waals surface area contributed by atoms with E-state index in [9.17, 15) is 19.2 Å². The third-order valence-corrected chi connectivity index (χ3v) is 6.65. The van der Waals surface area contributed by atoms with Gasteiger partial charge in [-0.3, -0.25) is 19.2 Å². The Balaban J connectivity index is 2.40. The summed E-state index contributed by atoms with van der Waals surface area (Å²) >= 11 is 0. The van der Waals surface area contributed by atoms with Crippen molar-refractivity contribution in [3.8, 4) is 0 Å². The standard InChI is InChI=1S/C29H44N4O6/c1-20(2)17-24-26(34)30-25(28(36)33(5)38-6)19-22(27(35)32(3)4)15-11-8-12-16-23(39-29(37)31-24)18-21-13-9-7-10-14-21/h7-11,13-14,20,22-25H,12,15-19H2,1-6H3,(H,30,34)(H,31,37)/b11-8-/t22?,23?,24-,25-/m0/s1. The van der Waals surface area contributed by atoms with Gasteiger partial charge < -0.3 is 20.3 Å². The minimum absolute atomic E-state index is 0.0753. The van der Waals surface area contributed by atoms with Gasteiger partial charge in [0.25, 0.3) is 5.91 Å². The highest BCUT2D eigenvalue weighted by molar-refractivity contribution is 5.91. The van der Waals surface area contributed by atoms with Crippen LogP contribution in [0.2, 0.25) is 0 Å². The number of amides is 4. The smallest absolute Gasteiger partial charge is 0.408 e. The topological polar surface area (TPSA) is 117 Å². The molecule has 0 saturated carbocycles. The molecule has 0 saturated heterocycles. The van der Waals surface area contributed by atoms with Gasteiger partial charge >= 0.3 is 6.09 Å². The summed E-state index contributed by atoms with van der Waals surface area (Å²) in [4.78, 5) is 59.2. The molecular weight excluding hydrogens is 500 g/mol. The van der Waals surface area contributed by atoms with E-state index < -0.39 is 42.0 Å². The number of nitrogens with zero attached hydrogens (tertiary/aromatic N) is 2. The Hall–Kier alpha value is -3.40. The second kappa shape index (κ2) is 15.9. The fourth-order valence-electron chi connectivity index (χ4n) is 4.52. The highest BCUT2D eigenvalue weighted by Gasteiger charge is 2.34. The van der Waals surface area contributed by atoms with Crippen LogP contribution in [0.3, 0.4) is 0 Å². The van der Waals surface area contributed by atoms with E-state index in [0.29, 0.717) is 32.1 Å². The molecule has 10 heteroatoms. The molecule has 0 spiro atoms. The van der Waals surface area contributed by atoms with Crippen molar-refractivity contribution in [3.05, 3.63) is 48.0 Å². The van der Waals surface area contributed by atoms with Crippen LogP contribution < -0.4 is 10.6 Å². The fourth-order valence-corrected chi connectivity index (χ4v) is 4.52. The number of cyclic esters (lactones) is 1. The number of alkyl carbamates (subject to hydrolysis) is 1. The molecule has 1 aromatic carbocycles. The maximum absolute atomic E-state index is 13.4. The van der Waals surface area contributed by atoms with Gasteiger partial charge in [0.05, 0.1) is 7.11 Å². The van der Waals surface area contributed by atoms with E-state index >= 15 is 0 Å². The second-order valence-electron chi connectivity index (χ2n) is 10.6. The van der Waals surface area contributed by atoms with Gasteiger partial charge in [0.1, 0.15) is 18.2 Å². The van der Waals surface area contributed by atoms with Crippen molar-refractivity contribution < 1.29 is 28.8 Å². The minimum atomic E-state index is -1.03. The number of benzene rings is 1. The van der Waals surface area contributed by atoms with Gasteiger partial charge in [0.2, 0.25) is 11.8 Å².